The molecule has 0 unspecified atom stereocenters. The summed E-state index contributed by atoms with van der Waals surface area (Å²) in [4.78, 5) is 16.4. The van der Waals surface area contributed by atoms with Gasteiger partial charge in [-0.15, -0.1) is 5.10 Å². The minimum absolute atomic E-state index is 0.179. The molecule has 1 N–H and O–H groups in total. The van der Waals surface area contributed by atoms with E-state index >= 15 is 0 Å². The van der Waals surface area contributed by atoms with Crippen LogP contribution in [0.3, 0.4) is 0 Å². The zero-order chi connectivity index (χ0) is 16.1. The van der Waals surface area contributed by atoms with E-state index in [-0.39, 0.29) is 5.91 Å². The van der Waals surface area contributed by atoms with Crippen molar-refractivity contribution in [1.82, 2.24) is 29.9 Å². The van der Waals surface area contributed by atoms with Crippen LogP contribution >= 0.6 is 0 Å². The highest BCUT2D eigenvalue weighted by atomic mass is 16.1. The molecule has 0 aliphatic heterocycles. The van der Waals surface area contributed by atoms with Crippen LogP contribution in [-0.2, 0) is 13.1 Å². The monoisotopic (exact) mass is 310 g/mol. The molecule has 0 aromatic carbocycles. The Labute approximate surface area is 134 Å². The average Bonchev–Trinajstić information content (AvgIpc) is 3.25. The van der Waals surface area contributed by atoms with Crippen LogP contribution in [0.2, 0.25) is 0 Å². The van der Waals surface area contributed by atoms with Gasteiger partial charge in [-0.25, -0.2) is 4.98 Å². The van der Waals surface area contributed by atoms with E-state index in [9.17, 15) is 4.79 Å². The van der Waals surface area contributed by atoms with Gasteiger partial charge in [0.1, 0.15) is 11.5 Å². The number of aromatic nitrogens is 5. The summed E-state index contributed by atoms with van der Waals surface area (Å²) in [6.45, 7) is 3.25. The van der Waals surface area contributed by atoms with Crippen molar-refractivity contribution in [3.63, 3.8) is 0 Å². The Kier molecular flexibility index (Phi) is 4.46. The van der Waals surface area contributed by atoms with Crippen molar-refractivity contribution >= 4 is 5.91 Å². The fourth-order valence-corrected chi connectivity index (χ4v) is 2.19. The van der Waals surface area contributed by atoms with Crippen LogP contribution in [0.25, 0.3) is 5.82 Å². The molecule has 23 heavy (non-hydrogen) atoms. The predicted octanol–water partition coefficient (Wildman–Crippen LogP) is 1.80. The van der Waals surface area contributed by atoms with Crippen molar-refractivity contribution < 1.29 is 4.79 Å². The number of amides is 1. The van der Waals surface area contributed by atoms with E-state index in [2.05, 4.69) is 27.5 Å². The SMILES string of the molecule is CCCn1cc(CNC(=O)c2ccc(-n3cccc3)nc2)nn1. The fourth-order valence-electron chi connectivity index (χ4n) is 2.19. The van der Waals surface area contributed by atoms with Crippen LogP contribution in [0.5, 0.6) is 0 Å². The summed E-state index contributed by atoms with van der Waals surface area (Å²) in [5.74, 6) is 0.593. The minimum atomic E-state index is -0.179. The van der Waals surface area contributed by atoms with Crippen molar-refractivity contribution in [1.29, 1.82) is 0 Å². The van der Waals surface area contributed by atoms with Crippen molar-refractivity contribution in [2.45, 2.75) is 26.4 Å². The van der Waals surface area contributed by atoms with Crippen molar-refractivity contribution in [3.05, 3.63) is 60.3 Å². The van der Waals surface area contributed by atoms with E-state index in [4.69, 9.17) is 0 Å². The number of rotatable bonds is 6. The van der Waals surface area contributed by atoms with Gasteiger partial charge in [0.25, 0.3) is 5.91 Å². The third-order valence-electron chi connectivity index (χ3n) is 3.35. The first-order valence-electron chi connectivity index (χ1n) is 7.53. The second kappa shape index (κ2) is 6.87. The Morgan fingerprint density at radius 2 is 2.09 bits per heavy atom. The lowest BCUT2D eigenvalue weighted by atomic mass is 10.2. The molecule has 0 fully saturated rings. The molecule has 7 nitrogen and oxygen atoms in total. The molecule has 7 heteroatoms. The number of nitrogens with zero attached hydrogens (tertiary/aromatic N) is 5. The van der Waals surface area contributed by atoms with Gasteiger partial charge in [-0.3, -0.25) is 9.48 Å². The molecule has 3 heterocycles. The number of carbonyl (C=O) groups excluding carboxylic acids is 1. The molecule has 0 saturated heterocycles. The van der Waals surface area contributed by atoms with Gasteiger partial charge in [-0.2, -0.15) is 0 Å². The molecule has 3 rings (SSSR count). The summed E-state index contributed by atoms with van der Waals surface area (Å²) in [5, 5.41) is 10.8. The highest BCUT2D eigenvalue weighted by Gasteiger charge is 2.08. The molecular formula is C16H18N6O. The molecule has 3 aromatic heterocycles. The predicted molar refractivity (Wildman–Crippen MR) is 85.0 cm³/mol. The molecule has 1 amide bonds. The van der Waals surface area contributed by atoms with E-state index in [1.165, 1.54) is 0 Å². The van der Waals surface area contributed by atoms with E-state index < -0.39 is 0 Å². The number of pyridine rings is 1. The maximum Gasteiger partial charge on any atom is 0.253 e. The van der Waals surface area contributed by atoms with E-state index in [1.807, 2.05) is 41.4 Å². The first-order chi connectivity index (χ1) is 11.3. The second-order valence-corrected chi connectivity index (χ2v) is 5.15. The second-order valence-electron chi connectivity index (χ2n) is 5.15. The molecule has 0 radical (unpaired) electrons. The summed E-state index contributed by atoms with van der Waals surface area (Å²) < 4.78 is 3.66. The highest BCUT2D eigenvalue weighted by Crippen LogP contribution is 2.06. The average molecular weight is 310 g/mol. The third-order valence-corrected chi connectivity index (χ3v) is 3.35. The maximum absolute atomic E-state index is 12.1. The molecule has 0 saturated carbocycles. The third kappa shape index (κ3) is 3.63. The lowest BCUT2D eigenvalue weighted by Gasteiger charge is -2.05. The Hall–Kier alpha value is -2.96. The molecule has 0 bridgehead atoms. The largest absolute Gasteiger partial charge is 0.346 e. The molecule has 0 atom stereocenters. The van der Waals surface area contributed by atoms with E-state index in [0.717, 1.165) is 24.5 Å². The highest BCUT2D eigenvalue weighted by molar-refractivity contribution is 5.93. The molecule has 0 aliphatic carbocycles. The molecule has 3 aromatic rings. The van der Waals surface area contributed by atoms with E-state index in [1.54, 1.807) is 16.9 Å². The van der Waals surface area contributed by atoms with E-state index in [0.29, 0.717) is 12.1 Å². The number of hydrogen-bond acceptors (Lipinski definition) is 4. The lowest BCUT2D eigenvalue weighted by Crippen LogP contribution is -2.23. The van der Waals surface area contributed by atoms with Crippen LogP contribution in [0.4, 0.5) is 0 Å². The van der Waals surface area contributed by atoms with Crippen LogP contribution in [0, 0.1) is 0 Å². The number of nitrogens with one attached hydrogen (secondary N) is 1. The summed E-state index contributed by atoms with van der Waals surface area (Å²) >= 11 is 0. The summed E-state index contributed by atoms with van der Waals surface area (Å²) in [6, 6.07) is 7.42. The summed E-state index contributed by atoms with van der Waals surface area (Å²) in [5.41, 5.74) is 1.26. The minimum Gasteiger partial charge on any atom is -0.346 e. The first-order valence-corrected chi connectivity index (χ1v) is 7.53. The molecular weight excluding hydrogens is 292 g/mol. The molecule has 0 aliphatic rings. The van der Waals surface area contributed by atoms with Crippen molar-refractivity contribution in [3.8, 4) is 5.82 Å². The molecule has 0 spiro atoms. The van der Waals surface area contributed by atoms with Gasteiger partial charge in [-0.05, 0) is 30.7 Å². The number of hydrogen-bond donors (Lipinski definition) is 1. The van der Waals surface area contributed by atoms with Crippen LogP contribution in [0.1, 0.15) is 29.4 Å². The Balaban J connectivity index is 1.59. The Bertz CT molecular complexity index is 760. The Morgan fingerprint density at radius 3 is 2.78 bits per heavy atom. The normalized spacial score (nSPS) is 10.7. The lowest BCUT2D eigenvalue weighted by molar-refractivity contribution is 0.0950. The van der Waals surface area contributed by atoms with Gasteiger partial charge in [0.2, 0.25) is 0 Å². The Morgan fingerprint density at radius 1 is 1.26 bits per heavy atom. The summed E-state index contributed by atoms with van der Waals surface area (Å²) in [7, 11) is 0. The summed E-state index contributed by atoms with van der Waals surface area (Å²) in [6.07, 6.45) is 8.22. The molecule has 118 valence electrons. The maximum atomic E-state index is 12.1. The topological polar surface area (TPSA) is 77.6 Å². The van der Waals surface area contributed by atoms with Crippen LogP contribution in [0.15, 0.2) is 49.1 Å². The van der Waals surface area contributed by atoms with Crippen molar-refractivity contribution in [2.24, 2.45) is 0 Å². The van der Waals surface area contributed by atoms with Crippen LogP contribution in [-0.4, -0.2) is 30.5 Å². The van der Waals surface area contributed by atoms with Gasteiger partial charge >= 0.3 is 0 Å². The van der Waals surface area contributed by atoms with Gasteiger partial charge in [-0.1, -0.05) is 12.1 Å². The van der Waals surface area contributed by atoms with Gasteiger partial charge in [0.05, 0.1) is 18.3 Å². The standard InChI is InChI=1S/C16H18N6O/c1-2-7-22-12-14(19-20-22)11-18-16(23)13-5-6-15(17-10-13)21-8-3-4-9-21/h3-6,8-10,12H,2,7,11H2,1H3,(H,18,23). The number of carbonyl (C=O) groups is 1. The van der Waals surface area contributed by atoms with Gasteiger partial charge in [0.15, 0.2) is 0 Å². The van der Waals surface area contributed by atoms with Crippen LogP contribution < -0.4 is 5.32 Å². The zero-order valence-electron chi connectivity index (χ0n) is 12.9. The van der Waals surface area contributed by atoms with Gasteiger partial charge in [0, 0.05) is 25.1 Å². The van der Waals surface area contributed by atoms with Gasteiger partial charge < -0.3 is 9.88 Å². The smallest absolute Gasteiger partial charge is 0.253 e. The fraction of sp³-hybridized carbons (Fsp3) is 0.250. The van der Waals surface area contributed by atoms with Crippen molar-refractivity contribution in [2.75, 3.05) is 0 Å². The zero-order valence-corrected chi connectivity index (χ0v) is 12.9. The number of aryl methyl sites for hydroxylation is 1. The quantitative estimate of drug-likeness (QED) is 0.753. The first kappa shape index (κ1) is 15.0.